The maximum absolute atomic E-state index is 13.5. The first kappa shape index (κ1) is 22.1. The Labute approximate surface area is 181 Å². The van der Waals surface area contributed by atoms with Gasteiger partial charge in [0.05, 0.1) is 5.92 Å². The van der Waals surface area contributed by atoms with Crippen molar-refractivity contribution < 1.29 is 18.8 Å². The summed E-state index contributed by atoms with van der Waals surface area (Å²) in [6, 6.07) is 22.7. The molecule has 0 bridgehead atoms. The largest absolute Gasteiger partial charge is 0.325 e. The maximum atomic E-state index is 13.5. The number of hydrogen-bond acceptors (Lipinski definition) is 3. The summed E-state index contributed by atoms with van der Waals surface area (Å²) >= 11 is 0. The van der Waals surface area contributed by atoms with Gasteiger partial charge < -0.3 is 5.32 Å². The van der Waals surface area contributed by atoms with E-state index < -0.39 is 35.3 Å². The fourth-order valence-corrected chi connectivity index (χ4v) is 3.49. The van der Waals surface area contributed by atoms with Crippen LogP contribution in [0, 0.1) is 17.7 Å². The van der Waals surface area contributed by atoms with Crippen molar-refractivity contribution in [3.8, 4) is 0 Å². The van der Waals surface area contributed by atoms with E-state index in [1.807, 2.05) is 6.07 Å². The molecule has 4 nitrogen and oxygen atoms in total. The van der Waals surface area contributed by atoms with Crippen LogP contribution in [-0.2, 0) is 9.59 Å². The molecule has 0 aromatic heterocycles. The molecule has 0 fully saturated rings. The number of hydrogen-bond donors (Lipinski definition) is 1. The van der Waals surface area contributed by atoms with Gasteiger partial charge in [0.2, 0.25) is 5.91 Å². The third kappa shape index (κ3) is 5.31. The Balaban J connectivity index is 2.08. The molecule has 0 aliphatic heterocycles. The van der Waals surface area contributed by atoms with E-state index in [0.717, 1.165) is 0 Å². The van der Waals surface area contributed by atoms with E-state index in [4.69, 9.17) is 0 Å². The topological polar surface area (TPSA) is 63.2 Å². The molecule has 2 unspecified atom stereocenters. The van der Waals surface area contributed by atoms with Crippen LogP contribution >= 0.6 is 0 Å². The molecule has 0 aliphatic rings. The normalized spacial score (nSPS) is 12.8. The van der Waals surface area contributed by atoms with Crippen LogP contribution in [0.3, 0.4) is 0 Å². The highest BCUT2D eigenvalue weighted by atomic mass is 19.1. The van der Waals surface area contributed by atoms with E-state index in [0.29, 0.717) is 11.3 Å². The predicted octanol–water partition coefficient (Wildman–Crippen LogP) is 5.27. The van der Waals surface area contributed by atoms with E-state index in [2.05, 4.69) is 5.32 Å². The van der Waals surface area contributed by atoms with Gasteiger partial charge in [-0.2, -0.15) is 0 Å². The molecular weight excluding hydrogens is 401 g/mol. The molecule has 3 rings (SSSR count). The first-order valence-corrected chi connectivity index (χ1v) is 10.1. The van der Waals surface area contributed by atoms with Crippen molar-refractivity contribution in [3.63, 3.8) is 0 Å². The number of halogens is 1. The Kier molecular flexibility index (Phi) is 7.08. The van der Waals surface area contributed by atoms with Crippen LogP contribution in [0.15, 0.2) is 84.9 Å². The van der Waals surface area contributed by atoms with Crippen molar-refractivity contribution in [2.45, 2.75) is 19.8 Å². The summed E-state index contributed by atoms with van der Waals surface area (Å²) in [5.74, 6) is -4.49. The highest BCUT2D eigenvalue weighted by molar-refractivity contribution is 6.14. The van der Waals surface area contributed by atoms with Crippen LogP contribution in [0.5, 0.6) is 0 Å². The van der Waals surface area contributed by atoms with Crippen molar-refractivity contribution in [2.75, 3.05) is 5.32 Å². The number of benzene rings is 3. The summed E-state index contributed by atoms with van der Waals surface area (Å²) in [5, 5.41) is 2.77. The molecule has 0 saturated carbocycles. The van der Waals surface area contributed by atoms with Crippen LogP contribution in [0.25, 0.3) is 0 Å². The molecule has 1 amide bonds. The second kappa shape index (κ2) is 9.94. The monoisotopic (exact) mass is 425 g/mol. The molecule has 0 radical (unpaired) electrons. The van der Waals surface area contributed by atoms with Crippen molar-refractivity contribution in [2.24, 2.45) is 11.8 Å². The van der Waals surface area contributed by atoms with Crippen LogP contribution < -0.4 is 5.32 Å². The first-order chi connectivity index (χ1) is 14.9. The van der Waals surface area contributed by atoms with E-state index in [1.165, 1.54) is 24.3 Å². The smallest absolute Gasteiger partial charge is 0.236 e. The van der Waals surface area contributed by atoms with Gasteiger partial charge in [-0.3, -0.25) is 14.4 Å². The van der Waals surface area contributed by atoms with Gasteiger partial charge >= 0.3 is 0 Å². The third-order valence-corrected chi connectivity index (χ3v) is 5.10. The van der Waals surface area contributed by atoms with Crippen LogP contribution in [-0.4, -0.2) is 17.5 Å². The molecule has 0 spiro atoms. The average Bonchev–Trinajstić information content (AvgIpc) is 2.78. The predicted molar refractivity (Wildman–Crippen MR) is 118 cm³/mol. The Morgan fingerprint density at radius 3 is 1.87 bits per heavy atom. The second-order valence-electron chi connectivity index (χ2n) is 7.65. The van der Waals surface area contributed by atoms with Gasteiger partial charge in [0.25, 0.3) is 0 Å². The first-order valence-electron chi connectivity index (χ1n) is 10.1. The van der Waals surface area contributed by atoms with Gasteiger partial charge in [-0.25, -0.2) is 4.39 Å². The molecule has 3 aromatic carbocycles. The molecule has 5 heteroatoms. The zero-order valence-electron chi connectivity index (χ0n) is 17.4. The maximum Gasteiger partial charge on any atom is 0.236 e. The number of Topliss-reactive ketones (excluding diaryl/α,β-unsaturated/α-hetero) is 2. The summed E-state index contributed by atoms with van der Waals surface area (Å²) in [4.78, 5) is 40.1. The molecule has 1 N–H and O–H groups in total. The zero-order chi connectivity index (χ0) is 22.4. The van der Waals surface area contributed by atoms with Gasteiger partial charge in [0.15, 0.2) is 5.78 Å². The Morgan fingerprint density at radius 2 is 1.32 bits per heavy atom. The zero-order valence-corrected chi connectivity index (χ0v) is 17.4. The summed E-state index contributed by atoms with van der Waals surface area (Å²) in [6.45, 7) is 3.41. The minimum atomic E-state index is -1.24. The molecule has 0 heterocycles. The SMILES string of the molecule is CC(C)C(=O)C(C(=O)Nc1ccccc1)[13CH]([13C](=O)c1ccc(F)cc1)[13c]1[13cH][13cH][13cH][13cH][13cH]1. The summed E-state index contributed by atoms with van der Waals surface area (Å²) in [6.07, 6.45) is 0. The van der Waals surface area contributed by atoms with Crippen LogP contribution in [0.2, 0.25) is 0 Å². The number of carbonyl (C=O) groups is 3. The average molecular weight is 425 g/mol. The van der Waals surface area contributed by atoms with E-state index in [1.54, 1.807) is 68.4 Å². The fourth-order valence-electron chi connectivity index (χ4n) is 3.49. The van der Waals surface area contributed by atoms with Gasteiger partial charge in [0.1, 0.15) is 17.5 Å². The molecule has 3 aromatic rings. The standard InChI is InChI=1S/C26H24FNO3/c1-17(2)24(29)23(26(31)28-21-11-7-4-8-12-21)22(18-9-5-3-6-10-18)25(30)19-13-15-20(27)16-14-19/h3-17,22-23H,1-2H3,(H,28,31)/i3+1,5+1,6+1,9+1,10+1,18+1,22+1,25+1. The Morgan fingerprint density at radius 1 is 0.774 bits per heavy atom. The van der Waals surface area contributed by atoms with Gasteiger partial charge in [-0.15, -0.1) is 0 Å². The number of nitrogens with one attached hydrogen (secondary N) is 1. The van der Waals surface area contributed by atoms with E-state index in [9.17, 15) is 18.8 Å². The summed E-state index contributed by atoms with van der Waals surface area (Å²) in [7, 11) is 0. The summed E-state index contributed by atoms with van der Waals surface area (Å²) < 4.78 is 13.4. The minimum absolute atomic E-state index is 0.240. The third-order valence-electron chi connectivity index (χ3n) is 5.10. The molecular formula is C26H24FNO3. The van der Waals surface area contributed by atoms with Gasteiger partial charge in [-0.1, -0.05) is 62.4 Å². The number of anilines is 1. The van der Waals surface area contributed by atoms with E-state index >= 15 is 0 Å². The van der Waals surface area contributed by atoms with Crippen LogP contribution in [0.1, 0.15) is 35.7 Å². The fraction of sp³-hybridized carbons (Fsp3) is 0.192. The lowest BCUT2D eigenvalue weighted by Gasteiger charge is -2.26. The lowest BCUT2D eigenvalue weighted by Crippen LogP contribution is -2.40. The molecule has 0 aliphatic carbocycles. The molecule has 0 saturated heterocycles. The van der Waals surface area contributed by atoms with Gasteiger partial charge in [-0.05, 0) is 42.0 Å². The van der Waals surface area contributed by atoms with Gasteiger partial charge in [0, 0.05) is 17.2 Å². The van der Waals surface area contributed by atoms with Crippen molar-refractivity contribution in [3.05, 3.63) is 102 Å². The van der Waals surface area contributed by atoms with Crippen molar-refractivity contribution >= 4 is 23.2 Å². The highest BCUT2D eigenvalue weighted by Crippen LogP contribution is 2.32. The highest BCUT2D eigenvalue weighted by Gasteiger charge is 2.41. The number of para-hydroxylation sites is 1. The second-order valence-corrected chi connectivity index (χ2v) is 7.65. The quantitative estimate of drug-likeness (QED) is 0.304. The number of amides is 1. The van der Waals surface area contributed by atoms with E-state index in [-0.39, 0.29) is 11.3 Å². The number of rotatable bonds is 8. The molecule has 31 heavy (non-hydrogen) atoms. The van der Waals surface area contributed by atoms with Crippen molar-refractivity contribution in [1.29, 1.82) is 0 Å². The summed E-state index contributed by atoms with van der Waals surface area (Å²) in [5.41, 5.74) is 1.33. The molecule has 2 atom stereocenters. The number of ketones is 2. The lowest BCUT2D eigenvalue weighted by molar-refractivity contribution is -0.133. The minimum Gasteiger partial charge on any atom is -0.325 e. The Hall–Kier alpha value is -3.60. The Bertz CT molecular complexity index is 1050. The van der Waals surface area contributed by atoms with Crippen LogP contribution in [0.4, 0.5) is 10.1 Å². The number of carbonyl (C=O) groups excluding carboxylic acids is 3. The lowest BCUT2D eigenvalue weighted by atomic mass is 9.97. The molecule has 158 valence electrons. The van der Waals surface area contributed by atoms with Crippen molar-refractivity contribution in [1.82, 2.24) is 0 Å².